The van der Waals surface area contributed by atoms with Crippen LogP contribution in [0.4, 0.5) is 5.69 Å². The molecule has 1 atom stereocenters. The standard InChI is InChI=1S/C15H20N2O2S/c1-2-3-6-10-20(19)11-9-15(18)17-14-8-5-4-7-13(14)12-16/h4-5,7-8H,2-3,6,9-11H2,1H3,(H,17,18). The van der Waals surface area contributed by atoms with Crippen molar-refractivity contribution in [1.29, 1.82) is 5.26 Å². The Morgan fingerprint density at radius 2 is 2.05 bits per heavy atom. The number of hydrogen-bond acceptors (Lipinski definition) is 3. The lowest BCUT2D eigenvalue weighted by Crippen LogP contribution is -2.16. The molecule has 0 fully saturated rings. The van der Waals surface area contributed by atoms with Gasteiger partial charge in [-0.05, 0) is 18.6 Å². The molecule has 1 aromatic carbocycles. The molecule has 4 nitrogen and oxygen atoms in total. The first kappa shape index (κ1) is 16.4. The minimum absolute atomic E-state index is 0.198. The summed E-state index contributed by atoms with van der Waals surface area (Å²) in [5, 5.41) is 11.6. The van der Waals surface area contributed by atoms with Gasteiger partial charge in [0.25, 0.3) is 0 Å². The second-order valence-electron chi connectivity index (χ2n) is 4.51. The highest BCUT2D eigenvalue weighted by Crippen LogP contribution is 2.13. The lowest BCUT2D eigenvalue weighted by atomic mass is 10.2. The second-order valence-corrected chi connectivity index (χ2v) is 6.21. The maximum Gasteiger partial charge on any atom is 0.225 e. The van der Waals surface area contributed by atoms with Gasteiger partial charge in [-0.25, -0.2) is 0 Å². The van der Waals surface area contributed by atoms with Crippen LogP contribution < -0.4 is 5.32 Å². The predicted molar refractivity (Wildman–Crippen MR) is 81.8 cm³/mol. The number of rotatable bonds is 8. The zero-order valence-electron chi connectivity index (χ0n) is 11.7. The van der Waals surface area contributed by atoms with Crippen LogP contribution in [0.3, 0.4) is 0 Å². The van der Waals surface area contributed by atoms with Gasteiger partial charge in [0.15, 0.2) is 0 Å². The number of carbonyl (C=O) groups excluding carboxylic acids is 1. The van der Waals surface area contributed by atoms with Crippen LogP contribution >= 0.6 is 0 Å². The maximum atomic E-state index is 11.8. The van der Waals surface area contributed by atoms with E-state index in [1.807, 2.05) is 6.07 Å². The van der Waals surface area contributed by atoms with Crippen molar-refractivity contribution in [1.82, 2.24) is 0 Å². The molecule has 0 saturated heterocycles. The maximum absolute atomic E-state index is 11.8. The number of nitrogens with zero attached hydrogens (tertiary/aromatic N) is 1. The van der Waals surface area contributed by atoms with Gasteiger partial charge in [-0.1, -0.05) is 31.9 Å². The number of para-hydroxylation sites is 1. The average Bonchev–Trinajstić information content (AvgIpc) is 2.46. The number of carbonyl (C=O) groups is 1. The number of unbranched alkanes of at least 4 members (excludes halogenated alkanes) is 2. The third kappa shape index (κ3) is 5.98. The van der Waals surface area contributed by atoms with Crippen LogP contribution in [-0.2, 0) is 15.6 Å². The van der Waals surface area contributed by atoms with Gasteiger partial charge in [0, 0.05) is 28.7 Å². The van der Waals surface area contributed by atoms with E-state index in [0.717, 1.165) is 19.3 Å². The summed E-state index contributed by atoms with van der Waals surface area (Å²) in [6, 6.07) is 8.88. The molecule has 5 heteroatoms. The summed E-state index contributed by atoms with van der Waals surface area (Å²) in [5.74, 6) is 0.844. The van der Waals surface area contributed by atoms with E-state index < -0.39 is 10.8 Å². The van der Waals surface area contributed by atoms with Crippen LogP contribution in [0.25, 0.3) is 0 Å². The quantitative estimate of drug-likeness (QED) is 0.749. The number of benzene rings is 1. The Hall–Kier alpha value is -1.67. The van der Waals surface area contributed by atoms with Crippen molar-refractivity contribution >= 4 is 22.4 Å². The molecule has 1 aromatic rings. The lowest BCUT2D eigenvalue weighted by Gasteiger charge is -2.06. The van der Waals surface area contributed by atoms with Crippen LogP contribution in [0.2, 0.25) is 0 Å². The summed E-state index contributed by atoms with van der Waals surface area (Å²) in [5.41, 5.74) is 0.946. The number of anilines is 1. The molecule has 0 saturated carbocycles. The Morgan fingerprint density at radius 3 is 2.75 bits per heavy atom. The molecule has 0 heterocycles. The highest BCUT2D eigenvalue weighted by molar-refractivity contribution is 7.84. The fraction of sp³-hybridized carbons (Fsp3) is 0.467. The highest BCUT2D eigenvalue weighted by atomic mass is 32.2. The van der Waals surface area contributed by atoms with Crippen molar-refractivity contribution in [2.75, 3.05) is 16.8 Å². The molecule has 0 aliphatic carbocycles. The second kappa shape index (κ2) is 9.27. The van der Waals surface area contributed by atoms with Gasteiger partial charge in [0.2, 0.25) is 5.91 Å². The molecule has 0 aromatic heterocycles. The molecule has 1 unspecified atom stereocenters. The SMILES string of the molecule is CCCCCS(=O)CCC(=O)Nc1ccccc1C#N. The first-order valence-corrected chi connectivity index (χ1v) is 8.30. The van der Waals surface area contributed by atoms with Crippen molar-refractivity contribution in [2.45, 2.75) is 32.6 Å². The molecule has 0 bridgehead atoms. The third-order valence-electron chi connectivity index (χ3n) is 2.85. The fourth-order valence-corrected chi connectivity index (χ4v) is 2.87. The van der Waals surface area contributed by atoms with Crippen molar-refractivity contribution in [3.63, 3.8) is 0 Å². The van der Waals surface area contributed by atoms with Crippen molar-refractivity contribution in [2.24, 2.45) is 0 Å². The molecule has 0 radical (unpaired) electrons. The van der Waals surface area contributed by atoms with E-state index in [1.54, 1.807) is 24.3 Å². The zero-order valence-corrected chi connectivity index (χ0v) is 12.5. The van der Waals surface area contributed by atoms with Crippen LogP contribution in [0.5, 0.6) is 0 Å². The minimum Gasteiger partial charge on any atom is -0.325 e. The molecule has 108 valence electrons. The zero-order chi connectivity index (χ0) is 14.8. The van der Waals surface area contributed by atoms with Gasteiger partial charge in [0.05, 0.1) is 11.3 Å². The van der Waals surface area contributed by atoms with E-state index in [0.29, 0.717) is 22.8 Å². The molecule has 20 heavy (non-hydrogen) atoms. The first-order valence-electron chi connectivity index (χ1n) is 6.81. The van der Waals surface area contributed by atoms with Crippen LogP contribution in [0.1, 0.15) is 38.2 Å². The number of nitrogens with one attached hydrogen (secondary N) is 1. The van der Waals surface area contributed by atoms with E-state index >= 15 is 0 Å². The van der Waals surface area contributed by atoms with E-state index in [9.17, 15) is 9.00 Å². The Kier molecular flexibility index (Phi) is 7.59. The predicted octanol–water partition coefficient (Wildman–Crippen LogP) is 2.83. The van der Waals surface area contributed by atoms with E-state index in [4.69, 9.17) is 5.26 Å². The topological polar surface area (TPSA) is 70.0 Å². The van der Waals surface area contributed by atoms with Gasteiger partial charge in [-0.15, -0.1) is 0 Å². The lowest BCUT2D eigenvalue weighted by molar-refractivity contribution is -0.115. The number of hydrogen-bond donors (Lipinski definition) is 1. The molecule has 1 N–H and O–H groups in total. The molecule has 1 amide bonds. The fourth-order valence-electron chi connectivity index (χ4n) is 1.72. The smallest absolute Gasteiger partial charge is 0.225 e. The third-order valence-corrected chi connectivity index (χ3v) is 4.26. The van der Waals surface area contributed by atoms with Gasteiger partial charge < -0.3 is 5.32 Å². The summed E-state index contributed by atoms with van der Waals surface area (Å²) < 4.78 is 11.7. The summed E-state index contributed by atoms with van der Waals surface area (Å²) in [7, 11) is -0.933. The van der Waals surface area contributed by atoms with Crippen molar-refractivity contribution in [3.8, 4) is 6.07 Å². The van der Waals surface area contributed by atoms with Gasteiger partial charge in [-0.2, -0.15) is 5.26 Å². The minimum atomic E-state index is -0.933. The largest absolute Gasteiger partial charge is 0.325 e. The summed E-state index contributed by atoms with van der Waals surface area (Å²) in [4.78, 5) is 11.8. The normalized spacial score (nSPS) is 11.6. The summed E-state index contributed by atoms with van der Waals surface area (Å²) >= 11 is 0. The molecule has 0 spiro atoms. The highest BCUT2D eigenvalue weighted by Gasteiger charge is 2.08. The van der Waals surface area contributed by atoms with Gasteiger partial charge in [-0.3, -0.25) is 9.00 Å². The molecular weight excluding hydrogens is 272 g/mol. The van der Waals surface area contributed by atoms with E-state index in [2.05, 4.69) is 12.2 Å². The Balaban J connectivity index is 2.37. The Labute approximate surface area is 122 Å². The first-order chi connectivity index (χ1) is 9.67. The number of nitriles is 1. The molecule has 0 aliphatic heterocycles. The Bertz CT molecular complexity index is 509. The summed E-state index contributed by atoms with van der Waals surface area (Å²) in [6.45, 7) is 2.10. The van der Waals surface area contributed by atoms with Crippen molar-refractivity contribution < 1.29 is 9.00 Å². The molecule has 0 aliphatic rings. The molecular formula is C15H20N2O2S. The van der Waals surface area contributed by atoms with Crippen LogP contribution in [0, 0.1) is 11.3 Å². The van der Waals surface area contributed by atoms with E-state index in [-0.39, 0.29) is 12.3 Å². The molecule has 1 rings (SSSR count). The van der Waals surface area contributed by atoms with Crippen molar-refractivity contribution in [3.05, 3.63) is 29.8 Å². The Morgan fingerprint density at radius 1 is 1.30 bits per heavy atom. The van der Waals surface area contributed by atoms with Crippen LogP contribution in [0.15, 0.2) is 24.3 Å². The van der Waals surface area contributed by atoms with E-state index in [1.165, 1.54) is 0 Å². The summed E-state index contributed by atoms with van der Waals surface area (Å²) in [6.07, 6.45) is 3.34. The van der Waals surface area contributed by atoms with Crippen LogP contribution in [-0.4, -0.2) is 21.6 Å². The monoisotopic (exact) mass is 292 g/mol. The van der Waals surface area contributed by atoms with Gasteiger partial charge in [0.1, 0.15) is 6.07 Å². The average molecular weight is 292 g/mol. The number of amides is 1. The van der Waals surface area contributed by atoms with Gasteiger partial charge >= 0.3 is 0 Å².